The maximum atomic E-state index is 12.7. The summed E-state index contributed by atoms with van der Waals surface area (Å²) < 4.78 is 5.70. The lowest BCUT2D eigenvalue weighted by atomic mass is 9.96. The largest absolute Gasteiger partial charge is 0.492 e. The molecule has 0 saturated heterocycles. The summed E-state index contributed by atoms with van der Waals surface area (Å²) in [6, 6.07) is 23.6. The third kappa shape index (κ3) is 4.73. The van der Waals surface area contributed by atoms with Crippen LogP contribution in [0.4, 0.5) is 21.9 Å². The molecule has 6 nitrogen and oxygen atoms in total. The Kier molecular flexibility index (Phi) is 5.42. The van der Waals surface area contributed by atoms with Crippen molar-refractivity contribution in [2.75, 3.05) is 22.6 Å². The molecule has 0 fully saturated rings. The minimum atomic E-state index is -0.350. The number of carbonyl (C=O) groups is 2. The molecule has 1 aliphatic rings. The van der Waals surface area contributed by atoms with E-state index in [1.54, 1.807) is 36.4 Å². The van der Waals surface area contributed by atoms with E-state index in [0.717, 1.165) is 11.3 Å². The first-order valence-electron chi connectivity index (χ1n) is 9.42. The summed E-state index contributed by atoms with van der Waals surface area (Å²) in [5, 5.41) is 8.44. The van der Waals surface area contributed by atoms with Gasteiger partial charge in [-0.25, -0.2) is 4.79 Å². The molecule has 1 aliphatic heterocycles. The van der Waals surface area contributed by atoms with E-state index in [0.29, 0.717) is 30.1 Å². The Morgan fingerprint density at radius 2 is 1.41 bits per heavy atom. The molecule has 146 valence electrons. The van der Waals surface area contributed by atoms with Crippen LogP contribution in [0.15, 0.2) is 78.9 Å². The van der Waals surface area contributed by atoms with Crippen molar-refractivity contribution < 1.29 is 14.3 Å². The van der Waals surface area contributed by atoms with Crippen LogP contribution in [0.25, 0.3) is 0 Å². The number of amides is 3. The van der Waals surface area contributed by atoms with E-state index in [-0.39, 0.29) is 17.9 Å². The number of ether oxygens (including phenoxy) is 1. The van der Waals surface area contributed by atoms with Crippen molar-refractivity contribution in [2.24, 2.45) is 5.92 Å². The van der Waals surface area contributed by atoms with E-state index >= 15 is 0 Å². The molecule has 4 rings (SSSR count). The van der Waals surface area contributed by atoms with Gasteiger partial charge in [0.2, 0.25) is 5.91 Å². The second kappa shape index (κ2) is 8.48. The van der Waals surface area contributed by atoms with Crippen LogP contribution in [-0.2, 0) is 11.2 Å². The van der Waals surface area contributed by atoms with Crippen molar-refractivity contribution >= 4 is 29.0 Å². The Labute approximate surface area is 168 Å². The number of nitrogens with one attached hydrogen (secondary N) is 3. The van der Waals surface area contributed by atoms with Crippen LogP contribution in [0.2, 0.25) is 0 Å². The van der Waals surface area contributed by atoms with Gasteiger partial charge in [0, 0.05) is 17.1 Å². The summed E-state index contributed by atoms with van der Waals surface area (Å²) in [6.07, 6.45) is 0.638. The molecule has 0 aliphatic carbocycles. The first-order valence-corrected chi connectivity index (χ1v) is 9.42. The highest BCUT2D eigenvalue weighted by Crippen LogP contribution is 2.27. The van der Waals surface area contributed by atoms with Crippen molar-refractivity contribution in [3.05, 3.63) is 84.4 Å². The number of fused-ring (bicyclic) bond motifs is 1. The summed E-state index contributed by atoms with van der Waals surface area (Å²) in [6.45, 7) is 0.347. The fourth-order valence-electron chi connectivity index (χ4n) is 3.23. The third-order valence-electron chi connectivity index (χ3n) is 4.67. The average Bonchev–Trinajstić information content (AvgIpc) is 2.74. The van der Waals surface area contributed by atoms with E-state index in [4.69, 9.17) is 4.74 Å². The maximum Gasteiger partial charge on any atom is 0.323 e. The quantitative estimate of drug-likeness (QED) is 0.616. The second-order valence-electron chi connectivity index (χ2n) is 6.83. The normalized spacial score (nSPS) is 14.8. The molecular weight excluding hydrogens is 366 g/mol. The lowest BCUT2D eigenvalue weighted by Gasteiger charge is -2.24. The topological polar surface area (TPSA) is 79.5 Å². The van der Waals surface area contributed by atoms with Gasteiger partial charge in [-0.05, 0) is 48.4 Å². The number of hydrogen-bond donors (Lipinski definition) is 3. The van der Waals surface area contributed by atoms with E-state index in [1.165, 1.54) is 0 Å². The minimum Gasteiger partial charge on any atom is -0.492 e. The fraction of sp³-hybridized carbons (Fsp3) is 0.130. The van der Waals surface area contributed by atoms with Crippen molar-refractivity contribution in [1.29, 1.82) is 0 Å². The van der Waals surface area contributed by atoms with Crippen LogP contribution in [-0.4, -0.2) is 18.5 Å². The second-order valence-corrected chi connectivity index (χ2v) is 6.83. The Bertz CT molecular complexity index is 1020. The molecule has 0 bridgehead atoms. The summed E-state index contributed by atoms with van der Waals surface area (Å²) in [5.41, 5.74) is 2.94. The third-order valence-corrected chi connectivity index (χ3v) is 4.67. The first kappa shape index (κ1) is 18.6. The highest BCUT2D eigenvalue weighted by atomic mass is 16.5. The van der Waals surface area contributed by atoms with Gasteiger partial charge in [-0.2, -0.15) is 0 Å². The zero-order valence-electron chi connectivity index (χ0n) is 15.7. The molecule has 3 N–H and O–H groups in total. The molecular formula is C23H21N3O3. The van der Waals surface area contributed by atoms with Gasteiger partial charge in [-0.3, -0.25) is 4.79 Å². The summed E-state index contributed by atoms with van der Waals surface area (Å²) >= 11 is 0. The molecule has 3 aromatic carbocycles. The number of para-hydroxylation sites is 2. The number of hydrogen-bond acceptors (Lipinski definition) is 3. The zero-order valence-corrected chi connectivity index (χ0v) is 15.7. The van der Waals surface area contributed by atoms with Crippen LogP contribution in [0.5, 0.6) is 5.75 Å². The van der Waals surface area contributed by atoms with Gasteiger partial charge in [-0.15, -0.1) is 0 Å². The van der Waals surface area contributed by atoms with Crippen LogP contribution < -0.4 is 20.7 Å². The number of carbonyl (C=O) groups excluding carboxylic acids is 2. The van der Waals surface area contributed by atoms with Gasteiger partial charge >= 0.3 is 6.03 Å². The van der Waals surface area contributed by atoms with Gasteiger partial charge in [0.15, 0.2) is 0 Å². The Morgan fingerprint density at radius 1 is 0.759 bits per heavy atom. The number of anilines is 3. The van der Waals surface area contributed by atoms with Crippen molar-refractivity contribution in [3.8, 4) is 5.75 Å². The molecule has 29 heavy (non-hydrogen) atoms. The number of benzene rings is 3. The van der Waals surface area contributed by atoms with E-state index < -0.39 is 0 Å². The van der Waals surface area contributed by atoms with Gasteiger partial charge in [-0.1, -0.05) is 42.5 Å². The first-order chi connectivity index (χ1) is 14.2. The van der Waals surface area contributed by atoms with E-state index in [2.05, 4.69) is 16.0 Å². The van der Waals surface area contributed by atoms with Crippen LogP contribution in [0.3, 0.4) is 0 Å². The Hall–Kier alpha value is -3.80. The molecule has 3 amide bonds. The lowest BCUT2D eigenvalue weighted by molar-refractivity contribution is -0.121. The molecule has 6 heteroatoms. The smallest absolute Gasteiger partial charge is 0.323 e. The van der Waals surface area contributed by atoms with Crippen molar-refractivity contribution in [2.45, 2.75) is 6.42 Å². The van der Waals surface area contributed by atoms with Crippen molar-refractivity contribution in [3.63, 3.8) is 0 Å². The van der Waals surface area contributed by atoms with Crippen molar-refractivity contribution in [1.82, 2.24) is 0 Å². The lowest BCUT2D eigenvalue weighted by Crippen LogP contribution is -2.32. The Morgan fingerprint density at radius 3 is 2.24 bits per heavy atom. The SMILES string of the molecule is O=C(Nc1ccccc1)Nc1cccc(NC(=O)C2COc3ccccc3C2)c1. The predicted molar refractivity (Wildman–Crippen MR) is 113 cm³/mol. The maximum absolute atomic E-state index is 12.7. The molecule has 1 heterocycles. The fourth-order valence-corrected chi connectivity index (χ4v) is 3.23. The monoisotopic (exact) mass is 387 g/mol. The van der Waals surface area contributed by atoms with Crippen LogP contribution in [0.1, 0.15) is 5.56 Å². The van der Waals surface area contributed by atoms with Crippen LogP contribution in [0, 0.1) is 5.92 Å². The number of urea groups is 1. The average molecular weight is 387 g/mol. The van der Waals surface area contributed by atoms with Gasteiger partial charge in [0.25, 0.3) is 0 Å². The molecule has 0 aromatic heterocycles. The molecule has 1 atom stereocenters. The molecule has 3 aromatic rings. The molecule has 0 radical (unpaired) electrons. The summed E-state index contributed by atoms with van der Waals surface area (Å²) in [4.78, 5) is 24.8. The minimum absolute atomic E-state index is 0.106. The zero-order chi connectivity index (χ0) is 20.1. The number of rotatable bonds is 4. The molecule has 0 saturated carbocycles. The standard InChI is InChI=1S/C23H21N3O3/c27-22(17-13-16-7-4-5-12-21(16)29-15-17)24-19-10-6-11-20(14-19)26-23(28)25-18-8-2-1-3-9-18/h1-12,14,17H,13,15H2,(H,24,27)(H2,25,26,28). The van der Waals surface area contributed by atoms with Gasteiger partial charge in [0.05, 0.1) is 5.92 Å². The Balaban J connectivity index is 1.36. The van der Waals surface area contributed by atoms with Gasteiger partial charge < -0.3 is 20.7 Å². The highest BCUT2D eigenvalue weighted by Gasteiger charge is 2.25. The van der Waals surface area contributed by atoms with E-state index in [1.807, 2.05) is 42.5 Å². The molecule has 1 unspecified atom stereocenters. The highest BCUT2D eigenvalue weighted by molar-refractivity contribution is 6.00. The summed E-state index contributed by atoms with van der Waals surface area (Å²) in [5.74, 6) is 0.473. The van der Waals surface area contributed by atoms with E-state index in [9.17, 15) is 9.59 Å². The summed E-state index contributed by atoms with van der Waals surface area (Å²) in [7, 11) is 0. The van der Waals surface area contributed by atoms with Gasteiger partial charge in [0.1, 0.15) is 12.4 Å². The van der Waals surface area contributed by atoms with Crippen LogP contribution >= 0.6 is 0 Å². The molecule has 0 spiro atoms. The predicted octanol–water partition coefficient (Wildman–Crippen LogP) is 4.52.